The molecule has 0 aliphatic heterocycles. The van der Waals surface area contributed by atoms with Gasteiger partial charge in [-0.25, -0.2) is 19.0 Å². The number of thiophene rings is 1. The summed E-state index contributed by atoms with van der Waals surface area (Å²) in [7, 11) is 0. The lowest BCUT2D eigenvalue weighted by molar-refractivity contribution is -0.574. The zero-order chi connectivity index (χ0) is 35.3. The average molecular weight is 711 g/mol. The number of aryl methyl sites for hydroxylation is 1. The number of rotatable bonds is 17. The predicted molar refractivity (Wildman–Crippen MR) is 145 cm³/mol. The molecule has 47 heavy (non-hydrogen) atoms. The molecule has 0 spiro atoms. The summed E-state index contributed by atoms with van der Waals surface area (Å²) < 4.78 is 168. The van der Waals surface area contributed by atoms with Crippen molar-refractivity contribution in [3.63, 3.8) is 0 Å². The van der Waals surface area contributed by atoms with Crippen LogP contribution < -0.4 is 4.74 Å². The van der Waals surface area contributed by atoms with Crippen LogP contribution in [0.5, 0.6) is 5.75 Å². The number of benzene rings is 2. The number of alkyl halides is 11. The predicted octanol–water partition coefficient (Wildman–Crippen LogP) is 9.76. The maximum atomic E-state index is 14.1. The zero-order valence-electron chi connectivity index (χ0n) is 24.1. The van der Waals surface area contributed by atoms with E-state index in [1.807, 2.05) is 6.92 Å². The Bertz CT molecular complexity index is 1540. The van der Waals surface area contributed by atoms with Crippen LogP contribution in [0.2, 0.25) is 0 Å². The second-order valence-corrected chi connectivity index (χ2v) is 10.8. The number of hydrogen-bond acceptors (Lipinski definition) is 7. The molecule has 18 heteroatoms. The van der Waals surface area contributed by atoms with Crippen LogP contribution in [0, 0.1) is 0 Å². The molecule has 0 aliphatic carbocycles. The van der Waals surface area contributed by atoms with Gasteiger partial charge < -0.3 is 9.47 Å². The van der Waals surface area contributed by atoms with Crippen molar-refractivity contribution in [2.75, 3.05) is 13.2 Å². The molecule has 0 fully saturated rings. The Morgan fingerprint density at radius 3 is 2.04 bits per heavy atom. The quantitative estimate of drug-likeness (QED) is 0.0457. The van der Waals surface area contributed by atoms with Gasteiger partial charge in [0, 0.05) is 21.2 Å². The van der Waals surface area contributed by atoms with Crippen molar-refractivity contribution >= 4 is 27.4 Å². The van der Waals surface area contributed by atoms with E-state index >= 15 is 0 Å². The van der Waals surface area contributed by atoms with Gasteiger partial charge in [0.1, 0.15) is 5.75 Å². The number of ether oxygens (including phenoxy) is 5. The van der Waals surface area contributed by atoms with Gasteiger partial charge in [0.05, 0.1) is 5.56 Å². The molecule has 1 heterocycles. The number of esters is 1. The van der Waals surface area contributed by atoms with Crippen LogP contribution in [-0.2, 0) is 36.3 Å². The monoisotopic (exact) mass is 710 g/mol. The number of hydrogen-bond donors (Lipinski definition) is 0. The molecule has 1 aromatic heterocycles. The van der Waals surface area contributed by atoms with Crippen LogP contribution in [0.1, 0.15) is 37.3 Å². The number of carbonyl (C=O) groups excluding carboxylic acids is 1. The lowest BCUT2D eigenvalue weighted by Gasteiger charge is -2.27. The maximum Gasteiger partial charge on any atom is 0.496 e. The lowest BCUT2D eigenvalue weighted by atomic mass is 9.98. The fourth-order valence-electron chi connectivity index (χ4n) is 3.98. The molecule has 0 saturated heterocycles. The molecule has 0 saturated carbocycles. The highest BCUT2D eigenvalue weighted by atomic mass is 32.1. The average Bonchev–Trinajstić information content (AvgIpc) is 3.36. The van der Waals surface area contributed by atoms with E-state index in [9.17, 15) is 53.1 Å². The molecule has 0 radical (unpaired) electrons. The van der Waals surface area contributed by atoms with Gasteiger partial charge in [-0.1, -0.05) is 38.5 Å². The summed E-state index contributed by atoms with van der Waals surface area (Å²) in [5.74, 6) is -1.91. The van der Waals surface area contributed by atoms with Gasteiger partial charge >= 0.3 is 37.0 Å². The molecule has 2 aromatic carbocycles. The number of halogens is 11. The Balaban J connectivity index is 1.69. The van der Waals surface area contributed by atoms with E-state index in [2.05, 4.69) is 25.5 Å². The van der Waals surface area contributed by atoms with Crippen molar-refractivity contribution < 1.29 is 76.8 Å². The third kappa shape index (κ3) is 11.6. The van der Waals surface area contributed by atoms with Crippen molar-refractivity contribution in [1.29, 1.82) is 0 Å². The fourth-order valence-corrected chi connectivity index (χ4v) is 5.11. The van der Waals surface area contributed by atoms with Crippen LogP contribution in [0.3, 0.4) is 0 Å². The third-order valence-corrected chi connectivity index (χ3v) is 7.08. The standard InChI is InChI=1S/C29H25F11O6S/c1-3-5-6-7-17-8-11-20(21(12-17)27(34,35)36)23-13-18-9-10-19(14-22(18)47-23)42-15-25(30,31)44-28(37,38)46-29(39,40)45-26(32,33)16-43-24(41)4-2/h4,8-14H,2-3,5-7,15-16H2,1H3. The summed E-state index contributed by atoms with van der Waals surface area (Å²) in [5, 5.41) is 0.388. The van der Waals surface area contributed by atoms with Gasteiger partial charge in [-0.05, 0) is 54.1 Å². The first kappa shape index (κ1) is 38.0. The van der Waals surface area contributed by atoms with Crippen LogP contribution in [0.4, 0.5) is 48.3 Å². The molecule has 0 atom stereocenters. The Morgan fingerprint density at radius 1 is 0.809 bits per heavy atom. The van der Waals surface area contributed by atoms with Gasteiger partial charge in [0.2, 0.25) is 0 Å². The number of fused-ring (bicyclic) bond motifs is 1. The lowest BCUT2D eigenvalue weighted by Crippen LogP contribution is -2.46. The van der Waals surface area contributed by atoms with Crippen LogP contribution in [-0.4, -0.2) is 44.0 Å². The molecule has 3 aromatic rings. The van der Waals surface area contributed by atoms with Crippen LogP contribution in [0.25, 0.3) is 20.5 Å². The summed E-state index contributed by atoms with van der Waals surface area (Å²) in [4.78, 5) is 11.0. The first-order valence-electron chi connectivity index (χ1n) is 13.4. The molecular formula is C29H25F11O6S. The Hall–Kier alpha value is -3.48. The summed E-state index contributed by atoms with van der Waals surface area (Å²) in [6, 6.07) is 8.89. The number of unbranched alkanes of at least 4 members (excludes halogenated alkanes) is 2. The molecular weight excluding hydrogens is 685 g/mol. The van der Waals surface area contributed by atoms with Crippen molar-refractivity contribution in [2.45, 2.75) is 63.6 Å². The highest BCUT2D eigenvalue weighted by Gasteiger charge is 2.57. The summed E-state index contributed by atoms with van der Waals surface area (Å²) in [5.41, 5.74) is -0.490. The molecule has 0 bridgehead atoms. The van der Waals surface area contributed by atoms with Crippen molar-refractivity contribution in [2.24, 2.45) is 0 Å². The van der Waals surface area contributed by atoms with E-state index in [0.717, 1.165) is 42.4 Å². The first-order valence-corrected chi connectivity index (χ1v) is 14.2. The first-order chi connectivity index (χ1) is 21.6. The molecule has 0 amide bonds. The van der Waals surface area contributed by atoms with Crippen LogP contribution in [0.15, 0.2) is 55.1 Å². The maximum absolute atomic E-state index is 14.1. The molecule has 3 rings (SSSR count). The highest BCUT2D eigenvalue weighted by Crippen LogP contribution is 2.43. The SMILES string of the molecule is C=CC(=O)OCC(F)(F)OC(F)(F)OC(F)(F)OC(F)(F)COc1ccc2cc(-c3ccc(CCCCC)cc3C(F)(F)F)sc2c1. The van der Waals surface area contributed by atoms with Crippen molar-refractivity contribution in [1.82, 2.24) is 0 Å². The van der Waals surface area contributed by atoms with Crippen molar-refractivity contribution in [3.05, 3.63) is 66.2 Å². The minimum absolute atomic E-state index is 0.126. The third-order valence-electron chi connectivity index (χ3n) is 5.95. The van der Waals surface area contributed by atoms with E-state index in [1.165, 1.54) is 18.2 Å². The summed E-state index contributed by atoms with van der Waals surface area (Å²) in [6.45, 7) is 0.566. The van der Waals surface area contributed by atoms with E-state index in [4.69, 9.17) is 4.74 Å². The van der Waals surface area contributed by atoms with E-state index in [-0.39, 0.29) is 15.1 Å². The van der Waals surface area contributed by atoms with Gasteiger partial charge in [0.25, 0.3) is 0 Å². The molecule has 0 unspecified atom stereocenters. The molecule has 0 aliphatic rings. The van der Waals surface area contributed by atoms with E-state index in [1.54, 1.807) is 6.07 Å². The van der Waals surface area contributed by atoms with Gasteiger partial charge in [-0.15, -0.1) is 28.9 Å². The van der Waals surface area contributed by atoms with Gasteiger partial charge in [-0.2, -0.15) is 30.7 Å². The normalized spacial score (nSPS) is 13.2. The fraction of sp³-hybridized carbons (Fsp3) is 0.414. The highest BCUT2D eigenvalue weighted by molar-refractivity contribution is 7.22. The van der Waals surface area contributed by atoms with Gasteiger partial charge in [-0.3, -0.25) is 0 Å². The van der Waals surface area contributed by atoms with Crippen molar-refractivity contribution in [3.8, 4) is 16.2 Å². The van der Waals surface area contributed by atoms with E-state index < -0.39 is 61.5 Å². The topological polar surface area (TPSA) is 63.2 Å². The Labute approximate surface area is 263 Å². The largest absolute Gasteiger partial charge is 0.496 e. The second-order valence-electron chi connectivity index (χ2n) is 9.75. The molecule has 260 valence electrons. The molecule has 6 nitrogen and oxygen atoms in total. The Morgan fingerprint density at radius 2 is 1.45 bits per heavy atom. The van der Waals surface area contributed by atoms with Crippen LogP contribution >= 0.6 is 11.3 Å². The zero-order valence-corrected chi connectivity index (χ0v) is 24.9. The Kier molecular flexibility index (Phi) is 11.9. The van der Waals surface area contributed by atoms with E-state index in [0.29, 0.717) is 29.9 Å². The summed E-state index contributed by atoms with van der Waals surface area (Å²) >= 11 is 0.853. The number of carbonyl (C=O) groups is 1. The molecule has 0 N–H and O–H groups in total. The van der Waals surface area contributed by atoms with Gasteiger partial charge in [0.15, 0.2) is 13.2 Å². The summed E-state index contributed by atoms with van der Waals surface area (Å²) in [6.07, 6.45) is -23.5. The minimum atomic E-state index is -5.94. The smallest absolute Gasteiger partial charge is 0.484 e. The minimum Gasteiger partial charge on any atom is -0.484 e. The second kappa shape index (κ2) is 14.7.